The van der Waals surface area contributed by atoms with Crippen LogP contribution in [-0.2, 0) is 6.54 Å². The number of aromatic amines is 1. The average Bonchev–Trinajstić information content (AvgIpc) is 3.14. The Hall–Kier alpha value is -2.18. The number of anilines is 1. The summed E-state index contributed by atoms with van der Waals surface area (Å²) in [5, 5.41) is 14.0. The van der Waals surface area contributed by atoms with Gasteiger partial charge in [-0.2, -0.15) is 0 Å². The molecule has 0 atom stereocenters. The van der Waals surface area contributed by atoms with E-state index in [1.807, 2.05) is 46.3 Å². The van der Waals surface area contributed by atoms with E-state index in [0.29, 0.717) is 6.54 Å². The molecule has 0 radical (unpaired) electrons. The van der Waals surface area contributed by atoms with Crippen LogP contribution < -0.4 is 9.88 Å². The summed E-state index contributed by atoms with van der Waals surface area (Å²) < 4.78 is 1.91. The summed E-state index contributed by atoms with van der Waals surface area (Å²) >= 11 is 1.45. The number of hydrogen-bond donors (Lipinski definition) is 3. The zero-order valence-electron chi connectivity index (χ0n) is 11.4. The molecule has 6 heteroatoms. The van der Waals surface area contributed by atoms with Gasteiger partial charge in [-0.3, -0.25) is 10.1 Å². The van der Waals surface area contributed by atoms with Gasteiger partial charge in [0.1, 0.15) is 17.6 Å². The molecular formula is C15H16N3O2S+. The third kappa shape index (κ3) is 2.81. The van der Waals surface area contributed by atoms with E-state index in [2.05, 4.69) is 10.3 Å². The van der Waals surface area contributed by atoms with Crippen molar-refractivity contribution in [1.29, 1.82) is 0 Å². The number of rotatable bonds is 6. The molecule has 0 aliphatic heterocycles. The Morgan fingerprint density at radius 3 is 2.90 bits per heavy atom. The maximum Gasteiger partial charge on any atom is 0.356 e. The molecule has 0 amide bonds. The van der Waals surface area contributed by atoms with Crippen LogP contribution >= 0.6 is 11.3 Å². The van der Waals surface area contributed by atoms with Gasteiger partial charge in [-0.25, -0.2) is 9.55 Å². The molecular weight excluding hydrogens is 286 g/mol. The topological polar surface area (TPSA) is 69.0 Å². The van der Waals surface area contributed by atoms with E-state index < -0.39 is 0 Å². The summed E-state index contributed by atoms with van der Waals surface area (Å²) in [4.78, 5) is 16.3. The fourth-order valence-corrected chi connectivity index (χ4v) is 2.92. The zero-order chi connectivity index (χ0) is 14.7. The number of nitrogens with zero attached hydrogens (tertiary/aromatic N) is 1. The lowest BCUT2D eigenvalue weighted by Crippen LogP contribution is -2.40. The first kappa shape index (κ1) is 13.8. The molecule has 0 fully saturated rings. The summed E-state index contributed by atoms with van der Waals surface area (Å²) in [5.74, 6) is 0.807. The van der Waals surface area contributed by atoms with Gasteiger partial charge in [-0.05, 0) is 23.6 Å². The molecule has 0 saturated carbocycles. The van der Waals surface area contributed by atoms with Gasteiger partial charge in [0.25, 0.3) is 0 Å². The van der Waals surface area contributed by atoms with Crippen molar-refractivity contribution in [3.05, 3.63) is 46.7 Å². The minimum Gasteiger partial charge on any atom is -0.393 e. The standard InChI is InChI=1S/C15H15N3O2S/c19-8-7-16-15-17-11-4-1-2-5-12(11)18(15)10-13(20)14-6-3-9-21-14/h1-6,9,19H,7-8,10H2,(H,16,17)/p+1. The number of benzene rings is 1. The highest BCUT2D eigenvalue weighted by Crippen LogP contribution is 2.14. The molecule has 0 unspecified atom stereocenters. The Kier molecular flexibility index (Phi) is 3.98. The number of hydrogen-bond acceptors (Lipinski definition) is 4. The van der Waals surface area contributed by atoms with Gasteiger partial charge in [0.05, 0.1) is 18.0 Å². The second kappa shape index (κ2) is 6.07. The third-order valence-electron chi connectivity index (χ3n) is 3.22. The van der Waals surface area contributed by atoms with Gasteiger partial charge in [0.2, 0.25) is 5.78 Å². The van der Waals surface area contributed by atoms with Gasteiger partial charge in [0, 0.05) is 0 Å². The molecule has 0 bridgehead atoms. The Morgan fingerprint density at radius 1 is 1.29 bits per heavy atom. The number of Topliss-reactive ketones (excluding diaryl/α,β-unsaturated/α-hetero) is 1. The van der Waals surface area contributed by atoms with Crippen molar-refractivity contribution in [2.45, 2.75) is 6.54 Å². The van der Waals surface area contributed by atoms with E-state index in [9.17, 15) is 4.79 Å². The number of fused-ring (bicyclic) bond motifs is 1. The fraction of sp³-hybridized carbons (Fsp3) is 0.200. The highest BCUT2D eigenvalue weighted by molar-refractivity contribution is 7.12. The maximum atomic E-state index is 12.3. The first-order chi connectivity index (χ1) is 10.3. The summed E-state index contributed by atoms with van der Waals surface area (Å²) in [7, 11) is 0. The zero-order valence-corrected chi connectivity index (χ0v) is 12.2. The van der Waals surface area contributed by atoms with E-state index in [1.165, 1.54) is 11.3 Å². The normalized spacial score (nSPS) is 10.9. The SMILES string of the molecule is O=C(C[n+]1c(NCCO)[nH]c2ccccc21)c1cccs1. The molecule has 2 heterocycles. The lowest BCUT2D eigenvalue weighted by Gasteiger charge is -2.02. The molecule has 5 nitrogen and oxygen atoms in total. The van der Waals surface area contributed by atoms with Crippen molar-refractivity contribution in [2.75, 3.05) is 18.5 Å². The van der Waals surface area contributed by atoms with Crippen molar-refractivity contribution in [2.24, 2.45) is 0 Å². The van der Waals surface area contributed by atoms with Crippen LogP contribution in [0.5, 0.6) is 0 Å². The first-order valence-electron chi connectivity index (χ1n) is 6.71. The van der Waals surface area contributed by atoms with Crippen LogP contribution in [0.2, 0.25) is 0 Å². The largest absolute Gasteiger partial charge is 0.393 e. The highest BCUT2D eigenvalue weighted by atomic mass is 32.1. The molecule has 3 N–H and O–H groups in total. The number of aliphatic hydroxyl groups excluding tert-OH is 1. The smallest absolute Gasteiger partial charge is 0.356 e. The van der Waals surface area contributed by atoms with E-state index >= 15 is 0 Å². The molecule has 3 aromatic rings. The van der Waals surface area contributed by atoms with Gasteiger partial charge in [-0.15, -0.1) is 11.3 Å². The van der Waals surface area contributed by atoms with Crippen molar-refractivity contribution in [3.8, 4) is 0 Å². The van der Waals surface area contributed by atoms with Crippen molar-refractivity contribution in [3.63, 3.8) is 0 Å². The fourth-order valence-electron chi connectivity index (χ4n) is 2.27. The van der Waals surface area contributed by atoms with Crippen LogP contribution in [0.1, 0.15) is 9.67 Å². The number of carbonyl (C=O) groups excluding carboxylic acids is 1. The van der Waals surface area contributed by atoms with Crippen LogP contribution in [0.4, 0.5) is 5.95 Å². The summed E-state index contributed by atoms with van der Waals surface area (Å²) in [5.41, 5.74) is 1.92. The minimum absolute atomic E-state index is 0.0359. The monoisotopic (exact) mass is 302 g/mol. The van der Waals surface area contributed by atoms with Crippen LogP contribution in [0.3, 0.4) is 0 Å². The molecule has 0 aliphatic rings. The Morgan fingerprint density at radius 2 is 2.14 bits per heavy atom. The van der Waals surface area contributed by atoms with Crippen LogP contribution in [-0.4, -0.2) is 29.0 Å². The number of imidazole rings is 1. The highest BCUT2D eigenvalue weighted by Gasteiger charge is 2.20. The third-order valence-corrected chi connectivity index (χ3v) is 4.13. The Bertz CT molecular complexity index is 749. The van der Waals surface area contributed by atoms with E-state index in [1.54, 1.807) is 0 Å². The molecule has 2 aromatic heterocycles. The number of carbonyl (C=O) groups is 1. The predicted octanol–water partition coefficient (Wildman–Crippen LogP) is 1.80. The van der Waals surface area contributed by atoms with Gasteiger partial charge < -0.3 is 5.11 Å². The summed E-state index contributed by atoms with van der Waals surface area (Å²) in [6.07, 6.45) is 0. The second-order valence-electron chi connectivity index (χ2n) is 4.63. The quantitative estimate of drug-likeness (QED) is 0.480. The van der Waals surface area contributed by atoms with Gasteiger partial charge in [-0.1, -0.05) is 18.2 Å². The van der Waals surface area contributed by atoms with Crippen LogP contribution in [0.15, 0.2) is 41.8 Å². The lowest BCUT2D eigenvalue weighted by molar-refractivity contribution is -0.642. The summed E-state index contributed by atoms with van der Waals surface area (Å²) in [6, 6.07) is 11.5. The van der Waals surface area contributed by atoms with Crippen LogP contribution in [0.25, 0.3) is 11.0 Å². The molecule has 0 aliphatic carbocycles. The molecule has 1 aromatic carbocycles. The van der Waals surface area contributed by atoms with Crippen molar-refractivity contribution < 1.29 is 14.5 Å². The second-order valence-corrected chi connectivity index (χ2v) is 5.58. The van der Waals surface area contributed by atoms with E-state index in [4.69, 9.17) is 5.11 Å². The number of ketones is 1. The molecule has 108 valence electrons. The van der Waals surface area contributed by atoms with E-state index in [-0.39, 0.29) is 18.9 Å². The van der Waals surface area contributed by atoms with E-state index in [0.717, 1.165) is 21.9 Å². The number of thiophene rings is 1. The average molecular weight is 302 g/mol. The Balaban J connectivity index is 1.96. The number of aliphatic hydroxyl groups is 1. The molecule has 0 saturated heterocycles. The van der Waals surface area contributed by atoms with Crippen molar-refractivity contribution in [1.82, 2.24) is 4.98 Å². The first-order valence-corrected chi connectivity index (χ1v) is 7.59. The number of aromatic nitrogens is 2. The van der Waals surface area contributed by atoms with Crippen molar-refractivity contribution >= 4 is 34.1 Å². The molecule has 0 spiro atoms. The lowest BCUT2D eigenvalue weighted by atomic mass is 10.3. The van der Waals surface area contributed by atoms with Gasteiger partial charge in [0.15, 0.2) is 0 Å². The maximum absolute atomic E-state index is 12.3. The predicted molar refractivity (Wildman–Crippen MR) is 82.7 cm³/mol. The number of nitrogens with one attached hydrogen (secondary N) is 2. The summed E-state index contributed by atoms with van der Waals surface area (Å²) in [6.45, 7) is 0.729. The van der Waals surface area contributed by atoms with Gasteiger partial charge >= 0.3 is 5.95 Å². The van der Waals surface area contributed by atoms with Crippen LogP contribution in [0, 0.1) is 0 Å². The Labute approximate surface area is 125 Å². The number of para-hydroxylation sites is 2. The molecule has 21 heavy (non-hydrogen) atoms. The molecule has 3 rings (SSSR count). The minimum atomic E-state index is 0.0359. The number of H-pyrrole nitrogens is 1.